The molecule has 3 rings (SSSR count). The molecule has 0 bridgehead atoms. The summed E-state index contributed by atoms with van der Waals surface area (Å²) in [5.74, 6) is -0.398. The van der Waals surface area contributed by atoms with Gasteiger partial charge in [0, 0.05) is 34.4 Å². The Morgan fingerprint density at radius 3 is 2.74 bits per heavy atom. The summed E-state index contributed by atoms with van der Waals surface area (Å²) < 4.78 is 1.16. The molecule has 0 unspecified atom stereocenters. The van der Waals surface area contributed by atoms with Gasteiger partial charge >= 0.3 is 0 Å². The molecule has 0 saturated heterocycles. The highest BCUT2D eigenvalue weighted by Crippen LogP contribution is 2.25. The van der Waals surface area contributed by atoms with E-state index in [4.69, 9.17) is 0 Å². The number of benzene rings is 1. The van der Waals surface area contributed by atoms with Crippen LogP contribution < -0.4 is 5.32 Å². The number of aromatic nitrogens is 1. The number of nitrogens with one attached hydrogen (secondary N) is 1. The molecule has 1 aromatic carbocycles. The molecule has 0 radical (unpaired) electrons. The van der Waals surface area contributed by atoms with Gasteiger partial charge in [0.15, 0.2) is 5.13 Å². The summed E-state index contributed by atoms with van der Waals surface area (Å²) in [5, 5.41) is 10.4. The van der Waals surface area contributed by atoms with Gasteiger partial charge in [-0.05, 0) is 34.7 Å². The Balaban J connectivity index is 1.72. The third kappa shape index (κ3) is 3.75. The van der Waals surface area contributed by atoms with Crippen molar-refractivity contribution in [3.8, 4) is 11.3 Å². The van der Waals surface area contributed by atoms with Crippen LogP contribution in [0.3, 0.4) is 0 Å². The van der Waals surface area contributed by atoms with Crippen molar-refractivity contribution in [3.05, 3.63) is 33.2 Å². The summed E-state index contributed by atoms with van der Waals surface area (Å²) in [4.78, 5) is 28.0. The molecule has 0 aliphatic carbocycles. The lowest BCUT2D eigenvalue weighted by atomic mass is 10.1. The lowest BCUT2D eigenvalue weighted by Crippen LogP contribution is -2.34. The number of thiazole rings is 1. The van der Waals surface area contributed by atoms with Gasteiger partial charge in [0.1, 0.15) is 5.71 Å². The van der Waals surface area contributed by atoms with Crippen LogP contribution in [-0.2, 0) is 9.59 Å². The maximum atomic E-state index is 12.2. The fraction of sp³-hybridized carbons (Fsp3) is 0.200. The van der Waals surface area contributed by atoms with Crippen molar-refractivity contribution in [1.29, 1.82) is 0 Å². The zero-order valence-electron chi connectivity index (χ0n) is 12.2. The highest BCUT2D eigenvalue weighted by atomic mass is 127. The number of carbonyl (C=O) groups excluding carboxylic acids is 2. The van der Waals surface area contributed by atoms with Crippen LogP contribution in [0, 0.1) is 3.57 Å². The summed E-state index contributed by atoms with van der Waals surface area (Å²) in [6.07, 6.45) is 0.652. The zero-order chi connectivity index (χ0) is 16.4. The van der Waals surface area contributed by atoms with Crippen LogP contribution in [0.1, 0.15) is 12.8 Å². The molecule has 1 aliphatic heterocycles. The molecule has 2 aromatic rings. The number of anilines is 1. The van der Waals surface area contributed by atoms with E-state index in [9.17, 15) is 9.59 Å². The quantitative estimate of drug-likeness (QED) is 0.746. The predicted molar refractivity (Wildman–Crippen MR) is 98.3 cm³/mol. The number of hydrazone groups is 1. The molecule has 6 nitrogen and oxygen atoms in total. The van der Waals surface area contributed by atoms with Crippen LogP contribution in [0.15, 0.2) is 34.7 Å². The summed E-state index contributed by atoms with van der Waals surface area (Å²) >= 11 is 3.61. The van der Waals surface area contributed by atoms with Crippen LogP contribution in [0.2, 0.25) is 0 Å². The second-order valence-corrected chi connectivity index (χ2v) is 7.07. The highest BCUT2D eigenvalue weighted by molar-refractivity contribution is 14.1. The van der Waals surface area contributed by atoms with Crippen LogP contribution in [-0.4, -0.2) is 34.6 Å². The monoisotopic (exact) mass is 440 g/mol. The average Bonchev–Trinajstić information content (AvgIpc) is 2.99. The van der Waals surface area contributed by atoms with Crippen molar-refractivity contribution in [3.63, 3.8) is 0 Å². The van der Waals surface area contributed by atoms with E-state index in [-0.39, 0.29) is 11.8 Å². The van der Waals surface area contributed by atoms with Crippen molar-refractivity contribution < 1.29 is 9.59 Å². The Hall–Kier alpha value is -1.81. The Labute approximate surface area is 150 Å². The van der Waals surface area contributed by atoms with Gasteiger partial charge in [0.05, 0.1) is 5.69 Å². The first kappa shape index (κ1) is 16.1. The van der Waals surface area contributed by atoms with E-state index in [0.29, 0.717) is 23.7 Å². The van der Waals surface area contributed by atoms with Crippen LogP contribution in [0.25, 0.3) is 11.3 Å². The van der Waals surface area contributed by atoms with Crippen molar-refractivity contribution in [1.82, 2.24) is 9.99 Å². The zero-order valence-corrected chi connectivity index (χ0v) is 15.2. The number of hydrogen-bond donors (Lipinski definition) is 1. The van der Waals surface area contributed by atoms with Crippen molar-refractivity contribution in [2.24, 2.45) is 5.10 Å². The first-order chi connectivity index (χ1) is 11.0. The molecule has 1 aromatic heterocycles. The maximum Gasteiger partial charge on any atom is 0.273 e. The van der Waals surface area contributed by atoms with Crippen molar-refractivity contribution in [2.45, 2.75) is 12.8 Å². The number of carbonyl (C=O) groups is 2. The molecule has 118 valence electrons. The van der Waals surface area contributed by atoms with E-state index in [0.717, 1.165) is 14.8 Å². The molecule has 1 N–H and O–H groups in total. The van der Waals surface area contributed by atoms with E-state index in [2.05, 4.69) is 38.0 Å². The average molecular weight is 440 g/mol. The Kier molecular flexibility index (Phi) is 4.71. The van der Waals surface area contributed by atoms with Crippen LogP contribution in [0.5, 0.6) is 0 Å². The normalized spacial score (nSPS) is 14.6. The van der Waals surface area contributed by atoms with E-state index < -0.39 is 0 Å². The Morgan fingerprint density at radius 1 is 1.30 bits per heavy atom. The lowest BCUT2D eigenvalue weighted by molar-refractivity contribution is -0.130. The molecule has 2 heterocycles. The second-order valence-electron chi connectivity index (χ2n) is 4.96. The van der Waals surface area contributed by atoms with Gasteiger partial charge in [-0.15, -0.1) is 11.3 Å². The molecule has 2 amide bonds. The maximum absolute atomic E-state index is 12.2. The molecular weight excluding hydrogens is 427 g/mol. The molecule has 0 atom stereocenters. The largest absolute Gasteiger partial charge is 0.297 e. The molecule has 0 saturated carbocycles. The third-order valence-electron chi connectivity index (χ3n) is 3.33. The molecule has 0 spiro atoms. The van der Waals surface area contributed by atoms with Crippen LogP contribution in [0.4, 0.5) is 5.13 Å². The number of nitrogens with zero attached hydrogens (tertiary/aromatic N) is 3. The summed E-state index contributed by atoms with van der Waals surface area (Å²) in [6, 6.07) is 8.01. The van der Waals surface area contributed by atoms with Gasteiger partial charge in [0.2, 0.25) is 5.91 Å². The fourth-order valence-corrected chi connectivity index (χ4v) is 3.16. The van der Waals surface area contributed by atoms with Crippen molar-refractivity contribution in [2.75, 3.05) is 12.4 Å². The minimum atomic E-state index is -0.312. The molecule has 0 fully saturated rings. The van der Waals surface area contributed by atoms with E-state index in [1.807, 2.05) is 29.6 Å². The first-order valence-electron chi connectivity index (χ1n) is 6.90. The second kappa shape index (κ2) is 6.75. The smallest absolute Gasteiger partial charge is 0.273 e. The van der Waals surface area contributed by atoms with Gasteiger partial charge < -0.3 is 0 Å². The Bertz CT molecular complexity index is 785. The Morgan fingerprint density at radius 2 is 2.04 bits per heavy atom. The number of rotatable bonds is 3. The summed E-state index contributed by atoms with van der Waals surface area (Å²) in [5.41, 5.74) is 2.17. The third-order valence-corrected chi connectivity index (χ3v) is 4.81. The number of halogens is 1. The standard InChI is InChI=1S/C15H13IN4O2S/c1-20-13(21)7-6-11(19-20)14(22)18-15-17-12(8-23-15)9-2-4-10(16)5-3-9/h2-5,8H,6-7H2,1H3,(H,17,18,22). The molecular formula is C15H13IN4O2S. The van der Waals surface area contributed by atoms with Gasteiger partial charge in [-0.25, -0.2) is 9.99 Å². The van der Waals surface area contributed by atoms with Gasteiger partial charge in [-0.2, -0.15) is 5.10 Å². The van der Waals surface area contributed by atoms with E-state index >= 15 is 0 Å². The molecule has 23 heavy (non-hydrogen) atoms. The van der Waals surface area contributed by atoms with E-state index in [1.54, 1.807) is 7.05 Å². The summed E-state index contributed by atoms with van der Waals surface area (Å²) in [7, 11) is 1.55. The molecule has 8 heteroatoms. The van der Waals surface area contributed by atoms with Gasteiger partial charge in [0.25, 0.3) is 5.91 Å². The minimum absolute atomic E-state index is 0.0863. The highest BCUT2D eigenvalue weighted by Gasteiger charge is 2.22. The van der Waals surface area contributed by atoms with Crippen molar-refractivity contribution >= 4 is 56.6 Å². The van der Waals surface area contributed by atoms with E-state index in [1.165, 1.54) is 16.3 Å². The first-order valence-corrected chi connectivity index (χ1v) is 8.85. The number of amides is 2. The predicted octanol–water partition coefficient (Wildman–Crippen LogP) is 2.96. The number of hydrogen-bond acceptors (Lipinski definition) is 5. The lowest BCUT2D eigenvalue weighted by Gasteiger charge is -2.18. The topological polar surface area (TPSA) is 74.7 Å². The van der Waals surface area contributed by atoms with Crippen LogP contribution >= 0.6 is 33.9 Å². The molecule has 1 aliphatic rings. The SMILES string of the molecule is CN1N=C(C(=O)Nc2nc(-c3ccc(I)cc3)cs2)CCC1=O. The fourth-order valence-electron chi connectivity index (χ4n) is 2.09. The minimum Gasteiger partial charge on any atom is -0.297 e. The summed E-state index contributed by atoms with van der Waals surface area (Å²) in [6.45, 7) is 0. The van der Waals surface area contributed by atoms with Gasteiger partial charge in [-0.1, -0.05) is 12.1 Å². The van der Waals surface area contributed by atoms with Gasteiger partial charge in [-0.3, -0.25) is 14.9 Å².